The summed E-state index contributed by atoms with van der Waals surface area (Å²) in [7, 11) is 1.86. The van der Waals surface area contributed by atoms with Crippen LogP contribution in [0.25, 0.3) is 0 Å². The van der Waals surface area contributed by atoms with Crippen LogP contribution in [0.2, 0.25) is 0 Å². The number of rotatable bonds is 4. The highest BCUT2D eigenvalue weighted by Gasteiger charge is 2.17. The van der Waals surface area contributed by atoms with Gasteiger partial charge in [-0.25, -0.2) is 0 Å². The number of hydrogen-bond acceptors (Lipinski definition) is 5. The van der Waals surface area contributed by atoms with Gasteiger partial charge >= 0.3 is 0 Å². The molecule has 1 fully saturated rings. The zero-order valence-electron chi connectivity index (χ0n) is 9.03. The normalized spacial score (nSPS) is 18.2. The highest BCUT2D eigenvalue weighted by atomic mass is 16.5. The molecule has 0 aliphatic carbocycles. The number of aromatic nitrogens is 2. The van der Waals surface area contributed by atoms with E-state index in [4.69, 9.17) is 9.26 Å². The Kier molecular flexibility index (Phi) is 3.69. The molecule has 2 rings (SSSR count). The molecule has 1 aliphatic heterocycles. The molecule has 1 aromatic heterocycles. The first-order chi connectivity index (χ1) is 7.38. The lowest BCUT2D eigenvalue weighted by molar-refractivity contribution is 0.0658. The second-order valence-corrected chi connectivity index (χ2v) is 3.89. The minimum atomic E-state index is 0.640. The van der Waals surface area contributed by atoms with Gasteiger partial charge in [-0.05, 0) is 25.8 Å². The van der Waals surface area contributed by atoms with Crippen molar-refractivity contribution in [1.29, 1.82) is 0 Å². The highest BCUT2D eigenvalue weighted by molar-refractivity contribution is 4.88. The van der Waals surface area contributed by atoms with E-state index in [1.54, 1.807) is 0 Å². The van der Waals surface area contributed by atoms with E-state index in [0.29, 0.717) is 18.4 Å². The molecule has 0 saturated carbocycles. The smallest absolute Gasteiger partial charge is 0.240 e. The zero-order valence-corrected chi connectivity index (χ0v) is 9.03. The van der Waals surface area contributed by atoms with E-state index < -0.39 is 0 Å². The molecule has 84 valence electrons. The molecule has 0 unspecified atom stereocenters. The number of nitrogens with zero attached hydrogens (tertiary/aromatic N) is 2. The van der Waals surface area contributed by atoms with Gasteiger partial charge in [0.2, 0.25) is 5.89 Å². The molecule has 2 heterocycles. The summed E-state index contributed by atoms with van der Waals surface area (Å²) < 4.78 is 10.4. The third kappa shape index (κ3) is 3.00. The maximum absolute atomic E-state index is 5.31. The molecule has 0 amide bonds. The molecule has 0 radical (unpaired) electrons. The van der Waals surface area contributed by atoms with E-state index in [0.717, 1.165) is 38.3 Å². The molecule has 1 saturated heterocycles. The number of hydrogen-bond donors (Lipinski definition) is 1. The van der Waals surface area contributed by atoms with E-state index in [1.807, 2.05) is 7.05 Å². The Balaban J connectivity index is 1.86. The number of nitrogens with one attached hydrogen (secondary N) is 1. The molecule has 1 N–H and O–H groups in total. The third-order valence-electron chi connectivity index (χ3n) is 2.65. The van der Waals surface area contributed by atoms with Crippen molar-refractivity contribution >= 4 is 0 Å². The van der Waals surface area contributed by atoms with Gasteiger partial charge in [0.05, 0.1) is 6.54 Å². The topological polar surface area (TPSA) is 60.2 Å². The van der Waals surface area contributed by atoms with Crippen LogP contribution < -0.4 is 5.32 Å². The standard InChI is InChI=1S/C10H17N3O2/c1-11-7-10-12-9(13-15-10)6-8-2-4-14-5-3-8/h8,11H,2-7H2,1H3. The molecular weight excluding hydrogens is 194 g/mol. The molecule has 0 spiro atoms. The predicted molar refractivity (Wildman–Crippen MR) is 54.3 cm³/mol. The molecule has 0 bridgehead atoms. The van der Waals surface area contributed by atoms with Crippen LogP contribution >= 0.6 is 0 Å². The van der Waals surface area contributed by atoms with Crippen LogP contribution in [0.3, 0.4) is 0 Å². The van der Waals surface area contributed by atoms with E-state index in [1.165, 1.54) is 0 Å². The van der Waals surface area contributed by atoms with Crippen molar-refractivity contribution in [3.63, 3.8) is 0 Å². The van der Waals surface area contributed by atoms with Crippen molar-refractivity contribution in [2.75, 3.05) is 20.3 Å². The van der Waals surface area contributed by atoms with Gasteiger partial charge in [0.25, 0.3) is 0 Å². The average molecular weight is 211 g/mol. The van der Waals surface area contributed by atoms with Crippen molar-refractivity contribution in [2.24, 2.45) is 5.92 Å². The van der Waals surface area contributed by atoms with Crippen molar-refractivity contribution < 1.29 is 9.26 Å². The Morgan fingerprint density at radius 2 is 2.20 bits per heavy atom. The van der Waals surface area contributed by atoms with Gasteiger partial charge in [0.15, 0.2) is 5.82 Å². The van der Waals surface area contributed by atoms with Crippen LogP contribution in [0.15, 0.2) is 4.52 Å². The maximum Gasteiger partial charge on any atom is 0.240 e. The molecule has 1 aromatic rings. The Labute approximate surface area is 89.2 Å². The van der Waals surface area contributed by atoms with Crippen LogP contribution in [0.4, 0.5) is 0 Å². The first-order valence-electron chi connectivity index (χ1n) is 5.42. The quantitative estimate of drug-likeness (QED) is 0.796. The van der Waals surface area contributed by atoms with Crippen LogP contribution in [-0.4, -0.2) is 30.4 Å². The van der Waals surface area contributed by atoms with Gasteiger partial charge in [-0.15, -0.1) is 0 Å². The number of ether oxygens (including phenoxy) is 1. The third-order valence-corrected chi connectivity index (χ3v) is 2.65. The summed E-state index contributed by atoms with van der Waals surface area (Å²) in [5.41, 5.74) is 0. The van der Waals surface area contributed by atoms with Gasteiger partial charge in [0.1, 0.15) is 0 Å². The van der Waals surface area contributed by atoms with Crippen molar-refractivity contribution in [1.82, 2.24) is 15.5 Å². The van der Waals surface area contributed by atoms with E-state index in [9.17, 15) is 0 Å². The van der Waals surface area contributed by atoms with Gasteiger partial charge in [-0.3, -0.25) is 0 Å². The SMILES string of the molecule is CNCc1nc(CC2CCOCC2)no1. The van der Waals surface area contributed by atoms with Crippen molar-refractivity contribution in [2.45, 2.75) is 25.8 Å². The van der Waals surface area contributed by atoms with Crippen LogP contribution in [0, 0.1) is 5.92 Å². The second kappa shape index (κ2) is 5.23. The lowest BCUT2D eigenvalue weighted by Crippen LogP contribution is -2.18. The Bertz CT molecular complexity index is 295. The first kappa shape index (κ1) is 10.6. The fourth-order valence-electron chi connectivity index (χ4n) is 1.80. The molecule has 15 heavy (non-hydrogen) atoms. The summed E-state index contributed by atoms with van der Waals surface area (Å²) in [6.07, 6.45) is 3.13. The average Bonchev–Trinajstić information content (AvgIpc) is 2.68. The van der Waals surface area contributed by atoms with E-state index in [-0.39, 0.29) is 0 Å². The summed E-state index contributed by atoms with van der Waals surface area (Å²) in [6, 6.07) is 0. The maximum atomic E-state index is 5.31. The van der Waals surface area contributed by atoms with Crippen LogP contribution in [0.1, 0.15) is 24.6 Å². The lowest BCUT2D eigenvalue weighted by atomic mass is 9.96. The highest BCUT2D eigenvalue weighted by Crippen LogP contribution is 2.18. The van der Waals surface area contributed by atoms with Crippen molar-refractivity contribution in [3.05, 3.63) is 11.7 Å². The van der Waals surface area contributed by atoms with Gasteiger partial charge in [-0.1, -0.05) is 5.16 Å². The van der Waals surface area contributed by atoms with Gasteiger partial charge < -0.3 is 14.6 Å². The Morgan fingerprint density at radius 3 is 2.93 bits per heavy atom. The second-order valence-electron chi connectivity index (χ2n) is 3.89. The fourth-order valence-corrected chi connectivity index (χ4v) is 1.80. The van der Waals surface area contributed by atoms with E-state index in [2.05, 4.69) is 15.5 Å². The fraction of sp³-hybridized carbons (Fsp3) is 0.800. The summed E-state index contributed by atoms with van der Waals surface area (Å²) in [6.45, 7) is 2.37. The summed E-state index contributed by atoms with van der Waals surface area (Å²) in [4.78, 5) is 4.31. The Hall–Kier alpha value is -0.940. The molecule has 5 nitrogen and oxygen atoms in total. The molecule has 0 atom stereocenters. The summed E-state index contributed by atoms with van der Waals surface area (Å²) in [5, 5.41) is 6.95. The predicted octanol–water partition coefficient (Wildman–Crippen LogP) is 0.758. The van der Waals surface area contributed by atoms with Crippen molar-refractivity contribution in [3.8, 4) is 0 Å². The van der Waals surface area contributed by atoms with Gasteiger partial charge in [-0.2, -0.15) is 4.98 Å². The molecule has 0 aromatic carbocycles. The monoisotopic (exact) mass is 211 g/mol. The zero-order chi connectivity index (χ0) is 10.5. The molecular formula is C10H17N3O2. The first-order valence-corrected chi connectivity index (χ1v) is 5.42. The molecule has 5 heteroatoms. The minimum Gasteiger partial charge on any atom is -0.381 e. The van der Waals surface area contributed by atoms with Gasteiger partial charge in [0, 0.05) is 19.6 Å². The van der Waals surface area contributed by atoms with Crippen LogP contribution in [-0.2, 0) is 17.7 Å². The summed E-state index contributed by atoms with van der Waals surface area (Å²) in [5.74, 6) is 2.14. The largest absolute Gasteiger partial charge is 0.381 e. The summed E-state index contributed by atoms with van der Waals surface area (Å²) >= 11 is 0. The minimum absolute atomic E-state index is 0.640. The van der Waals surface area contributed by atoms with E-state index >= 15 is 0 Å². The van der Waals surface area contributed by atoms with Crippen LogP contribution in [0.5, 0.6) is 0 Å². The lowest BCUT2D eigenvalue weighted by Gasteiger charge is -2.20. The Morgan fingerprint density at radius 1 is 1.40 bits per heavy atom. The molecule has 1 aliphatic rings.